The Morgan fingerprint density at radius 1 is 1.30 bits per heavy atom. The van der Waals surface area contributed by atoms with Crippen molar-refractivity contribution in [3.8, 4) is 0 Å². The summed E-state index contributed by atoms with van der Waals surface area (Å²) in [6, 6.07) is 10.2. The van der Waals surface area contributed by atoms with Crippen LogP contribution in [0.15, 0.2) is 30.3 Å². The van der Waals surface area contributed by atoms with Gasteiger partial charge in [0.25, 0.3) is 5.91 Å². The molecule has 1 saturated heterocycles. The zero-order valence-corrected chi connectivity index (χ0v) is 14.5. The molecule has 1 aliphatic heterocycles. The lowest BCUT2D eigenvalue weighted by atomic mass is 10.0. The van der Waals surface area contributed by atoms with E-state index in [9.17, 15) is 4.79 Å². The first-order chi connectivity index (χ1) is 11.1. The van der Waals surface area contributed by atoms with E-state index in [1.54, 1.807) is 0 Å². The van der Waals surface area contributed by atoms with E-state index in [0.29, 0.717) is 11.2 Å². The summed E-state index contributed by atoms with van der Waals surface area (Å²) >= 11 is 7.87. The molecule has 5 heteroatoms. The number of carbonyl (C=O) groups excluding carboxylic acids is 1. The maximum Gasteiger partial charge on any atom is 0.264 e. The van der Waals surface area contributed by atoms with Gasteiger partial charge in [-0.15, -0.1) is 11.3 Å². The Labute approximate surface area is 143 Å². The third-order valence-electron chi connectivity index (χ3n) is 4.60. The van der Waals surface area contributed by atoms with Gasteiger partial charge in [0.2, 0.25) is 0 Å². The third kappa shape index (κ3) is 2.50. The molecule has 0 radical (unpaired) electrons. The zero-order valence-electron chi connectivity index (χ0n) is 12.9. The molecule has 0 spiro atoms. The highest BCUT2D eigenvalue weighted by atomic mass is 35.5. The molecular formula is C18H17ClN2OS. The number of amides is 1. The van der Waals surface area contributed by atoms with Crippen molar-refractivity contribution in [1.82, 2.24) is 9.88 Å². The molecule has 3 nitrogen and oxygen atoms in total. The molecule has 2 aromatic heterocycles. The average molecular weight is 345 g/mol. The number of thiophene rings is 1. The van der Waals surface area contributed by atoms with Crippen LogP contribution in [0.25, 0.3) is 21.0 Å². The van der Waals surface area contributed by atoms with E-state index < -0.39 is 0 Å². The standard InChI is InChI=1S/C18H17ClN2OS/c1-11-6-4-5-9-21(11)18(22)15-10-13-16(23-15)12-7-2-3-8-14(12)20-17(13)19/h2-3,7-8,10-11H,4-6,9H2,1H3/t11-/m1/s1. The number of carbonyl (C=O) groups is 1. The molecule has 118 valence electrons. The summed E-state index contributed by atoms with van der Waals surface area (Å²) in [7, 11) is 0. The molecule has 4 rings (SSSR count). The Morgan fingerprint density at radius 3 is 2.96 bits per heavy atom. The van der Waals surface area contributed by atoms with E-state index in [-0.39, 0.29) is 5.91 Å². The lowest BCUT2D eigenvalue weighted by Crippen LogP contribution is -2.41. The Balaban J connectivity index is 1.84. The van der Waals surface area contributed by atoms with Crippen LogP contribution in [0.1, 0.15) is 35.9 Å². The molecule has 0 bridgehead atoms. The van der Waals surface area contributed by atoms with E-state index >= 15 is 0 Å². The fraction of sp³-hybridized carbons (Fsp3) is 0.333. The van der Waals surface area contributed by atoms with Crippen molar-refractivity contribution < 1.29 is 4.79 Å². The normalized spacial score (nSPS) is 18.7. The third-order valence-corrected chi connectivity index (χ3v) is 6.04. The second-order valence-electron chi connectivity index (χ2n) is 6.12. The summed E-state index contributed by atoms with van der Waals surface area (Å²) in [5.41, 5.74) is 0.872. The average Bonchev–Trinajstić information content (AvgIpc) is 3.01. The number of likely N-dealkylation sites (tertiary alicyclic amines) is 1. The summed E-state index contributed by atoms with van der Waals surface area (Å²) in [6.07, 6.45) is 3.38. The van der Waals surface area contributed by atoms with Gasteiger partial charge in [0, 0.05) is 28.1 Å². The molecule has 0 unspecified atom stereocenters. The lowest BCUT2D eigenvalue weighted by molar-refractivity contribution is 0.0641. The van der Waals surface area contributed by atoms with Crippen LogP contribution >= 0.6 is 22.9 Å². The van der Waals surface area contributed by atoms with Crippen molar-refractivity contribution in [1.29, 1.82) is 0 Å². The van der Waals surface area contributed by atoms with Gasteiger partial charge in [-0.2, -0.15) is 0 Å². The molecule has 0 N–H and O–H groups in total. The fourth-order valence-electron chi connectivity index (χ4n) is 3.32. The van der Waals surface area contributed by atoms with E-state index in [2.05, 4.69) is 11.9 Å². The van der Waals surface area contributed by atoms with Crippen LogP contribution in [0.2, 0.25) is 5.15 Å². The first-order valence-corrected chi connectivity index (χ1v) is 9.13. The minimum atomic E-state index is 0.124. The van der Waals surface area contributed by atoms with Crippen LogP contribution in [-0.4, -0.2) is 28.4 Å². The van der Waals surface area contributed by atoms with Gasteiger partial charge < -0.3 is 4.90 Å². The number of halogens is 1. The van der Waals surface area contributed by atoms with Crippen LogP contribution < -0.4 is 0 Å². The lowest BCUT2D eigenvalue weighted by Gasteiger charge is -2.33. The zero-order chi connectivity index (χ0) is 16.0. The molecular weight excluding hydrogens is 328 g/mol. The maximum absolute atomic E-state index is 12.9. The second-order valence-corrected chi connectivity index (χ2v) is 7.53. The van der Waals surface area contributed by atoms with E-state index in [4.69, 9.17) is 11.6 Å². The van der Waals surface area contributed by atoms with Crippen molar-refractivity contribution in [2.24, 2.45) is 0 Å². The van der Waals surface area contributed by atoms with Crippen LogP contribution in [0.4, 0.5) is 0 Å². The number of rotatable bonds is 1. The minimum absolute atomic E-state index is 0.124. The Morgan fingerprint density at radius 2 is 2.13 bits per heavy atom. The van der Waals surface area contributed by atoms with Crippen LogP contribution in [0.5, 0.6) is 0 Å². The van der Waals surface area contributed by atoms with Crippen molar-refractivity contribution in [2.75, 3.05) is 6.54 Å². The number of hydrogen-bond acceptors (Lipinski definition) is 3. The van der Waals surface area contributed by atoms with Gasteiger partial charge in [-0.25, -0.2) is 4.98 Å². The molecule has 1 aliphatic rings. The molecule has 1 atom stereocenters. The molecule has 0 saturated carbocycles. The highest BCUT2D eigenvalue weighted by Gasteiger charge is 2.26. The van der Waals surface area contributed by atoms with Crippen molar-refractivity contribution in [3.63, 3.8) is 0 Å². The van der Waals surface area contributed by atoms with E-state index in [0.717, 1.165) is 45.3 Å². The maximum atomic E-state index is 12.9. The number of fused-ring (bicyclic) bond motifs is 3. The van der Waals surface area contributed by atoms with Gasteiger partial charge >= 0.3 is 0 Å². The molecule has 3 aromatic rings. The summed E-state index contributed by atoms with van der Waals surface area (Å²) in [5.74, 6) is 0.124. The predicted molar refractivity (Wildman–Crippen MR) is 96.5 cm³/mol. The van der Waals surface area contributed by atoms with Crippen LogP contribution in [0, 0.1) is 0 Å². The fourth-order valence-corrected chi connectivity index (χ4v) is 4.77. The summed E-state index contributed by atoms with van der Waals surface area (Å²) in [5, 5.41) is 2.41. The summed E-state index contributed by atoms with van der Waals surface area (Å²) < 4.78 is 1.05. The van der Waals surface area contributed by atoms with Gasteiger partial charge in [0.05, 0.1) is 10.4 Å². The number of piperidine rings is 1. The quantitative estimate of drug-likeness (QED) is 0.574. The molecule has 23 heavy (non-hydrogen) atoms. The number of hydrogen-bond donors (Lipinski definition) is 0. The SMILES string of the molecule is C[C@@H]1CCCCN1C(=O)c1cc2c(Cl)nc3ccccc3c2s1. The van der Waals surface area contributed by atoms with Crippen molar-refractivity contribution in [3.05, 3.63) is 40.4 Å². The Hall–Kier alpha value is -1.65. The number of para-hydroxylation sites is 1. The van der Waals surface area contributed by atoms with E-state index in [1.807, 2.05) is 35.2 Å². The van der Waals surface area contributed by atoms with Gasteiger partial charge in [-0.1, -0.05) is 29.8 Å². The summed E-state index contributed by atoms with van der Waals surface area (Å²) in [6.45, 7) is 2.98. The molecule has 1 aromatic carbocycles. The Bertz CT molecular complexity index is 905. The number of pyridine rings is 1. The van der Waals surface area contributed by atoms with E-state index in [1.165, 1.54) is 17.8 Å². The first-order valence-electron chi connectivity index (χ1n) is 7.94. The van der Waals surface area contributed by atoms with Crippen molar-refractivity contribution in [2.45, 2.75) is 32.2 Å². The number of nitrogens with zero attached hydrogens (tertiary/aromatic N) is 2. The van der Waals surface area contributed by atoms with Gasteiger partial charge in [0.15, 0.2) is 0 Å². The molecule has 0 aliphatic carbocycles. The largest absolute Gasteiger partial charge is 0.335 e. The number of aromatic nitrogens is 1. The topological polar surface area (TPSA) is 33.2 Å². The monoisotopic (exact) mass is 344 g/mol. The Kier molecular flexibility index (Phi) is 3.74. The predicted octanol–water partition coefficient (Wildman–Crippen LogP) is 5.12. The van der Waals surface area contributed by atoms with Crippen LogP contribution in [0.3, 0.4) is 0 Å². The van der Waals surface area contributed by atoms with Gasteiger partial charge in [-0.05, 0) is 38.3 Å². The second kappa shape index (κ2) is 5.77. The highest BCUT2D eigenvalue weighted by molar-refractivity contribution is 7.21. The molecule has 1 fully saturated rings. The van der Waals surface area contributed by atoms with Gasteiger partial charge in [-0.3, -0.25) is 4.79 Å². The summed E-state index contributed by atoms with van der Waals surface area (Å²) in [4.78, 5) is 20.1. The molecule has 3 heterocycles. The van der Waals surface area contributed by atoms with Gasteiger partial charge in [0.1, 0.15) is 5.15 Å². The van der Waals surface area contributed by atoms with Crippen LogP contribution in [-0.2, 0) is 0 Å². The highest BCUT2D eigenvalue weighted by Crippen LogP contribution is 2.36. The van der Waals surface area contributed by atoms with Crippen molar-refractivity contribution >= 4 is 49.8 Å². The first kappa shape index (κ1) is 14.9. The number of benzene rings is 1. The minimum Gasteiger partial charge on any atom is -0.335 e. The smallest absolute Gasteiger partial charge is 0.264 e. The molecule has 1 amide bonds.